The summed E-state index contributed by atoms with van der Waals surface area (Å²) >= 11 is 0. The first-order valence-corrected chi connectivity index (χ1v) is 10.2. The number of halogens is 4. The van der Waals surface area contributed by atoms with E-state index in [0.29, 0.717) is 24.8 Å². The van der Waals surface area contributed by atoms with Crippen molar-refractivity contribution in [3.63, 3.8) is 0 Å². The lowest BCUT2D eigenvalue weighted by Crippen LogP contribution is -2.29. The number of allylic oxidation sites excluding steroid dienone is 2. The van der Waals surface area contributed by atoms with E-state index < -0.39 is 17.8 Å². The molecule has 0 aromatic carbocycles. The highest BCUT2D eigenvalue weighted by Crippen LogP contribution is 2.45. The van der Waals surface area contributed by atoms with Crippen LogP contribution in [0.15, 0.2) is 40.5 Å². The van der Waals surface area contributed by atoms with Crippen molar-refractivity contribution in [3.8, 4) is 0 Å². The molecule has 9 heteroatoms. The third kappa shape index (κ3) is 5.51. The summed E-state index contributed by atoms with van der Waals surface area (Å²) < 4.78 is 52.4. The molecular weight excluding hydrogens is 414 g/mol. The van der Waals surface area contributed by atoms with Crippen LogP contribution in [0.4, 0.5) is 17.6 Å². The number of pyridine rings is 2. The fourth-order valence-corrected chi connectivity index (χ4v) is 4.37. The van der Waals surface area contributed by atoms with Crippen LogP contribution < -0.4 is 11.2 Å². The number of hydrogen-bond donors (Lipinski definition) is 2. The number of hydrogen-bond acceptors (Lipinski definition) is 3. The number of nitrogens with two attached hydrogens (primary N) is 1. The molecule has 0 atom stereocenters. The van der Waals surface area contributed by atoms with Crippen LogP contribution in [0.3, 0.4) is 0 Å². The minimum absolute atomic E-state index is 0.00403. The molecule has 0 saturated heterocycles. The zero-order chi connectivity index (χ0) is 22.8. The Bertz CT molecular complexity index is 1050. The maximum Gasteiger partial charge on any atom is 0.268 e. The summed E-state index contributed by atoms with van der Waals surface area (Å²) in [5, 5.41) is 0.238. The SMILES string of the molecule is CC1=C(C2CCC(F)(F)CC2)CCC(F)(F)C1.NC(=O)c1nccc2[nH]ccc(=O)c12. The first-order chi connectivity index (χ1) is 14.5. The van der Waals surface area contributed by atoms with E-state index in [1.807, 2.05) is 0 Å². The second-order valence-electron chi connectivity index (χ2n) is 8.26. The van der Waals surface area contributed by atoms with E-state index in [-0.39, 0.29) is 48.1 Å². The first kappa shape index (κ1) is 23.0. The van der Waals surface area contributed by atoms with E-state index in [2.05, 4.69) is 9.97 Å². The molecule has 1 fully saturated rings. The third-order valence-corrected chi connectivity index (χ3v) is 5.95. The molecule has 0 aliphatic heterocycles. The standard InChI is InChI=1S/C13H18F4.C9H7N3O2/c1-9-8-13(16,17)7-4-11(9)10-2-5-12(14,15)6-3-10;10-9(14)8-7-5(1-3-12-8)11-4-2-6(7)13/h10H,2-8H2,1H3;1-4H,(H2,10,14)(H,11,13). The van der Waals surface area contributed by atoms with Crippen molar-refractivity contribution in [1.82, 2.24) is 9.97 Å². The second kappa shape index (κ2) is 8.80. The van der Waals surface area contributed by atoms with Gasteiger partial charge in [0.2, 0.25) is 5.92 Å². The summed E-state index contributed by atoms with van der Waals surface area (Å²) in [5.74, 6) is -5.71. The predicted molar refractivity (Wildman–Crippen MR) is 109 cm³/mol. The Morgan fingerprint density at radius 2 is 1.81 bits per heavy atom. The van der Waals surface area contributed by atoms with Gasteiger partial charge in [-0.3, -0.25) is 14.6 Å². The molecule has 3 N–H and O–H groups in total. The number of amides is 1. The zero-order valence-corrected chi connectivity index (χ0v) is 17.2. The summed E-state index contributed by atoms with van der Waals surface area (Å²) in [7, 11) is 0. The average Bonchev–Trinajstić information content (AvgIpc) is 2.68. The lowest BCUT2D eigenvalue weighted by molar-refractivity contribution is -0.0452. The largest absolute Gasteiger partial charge is 0.364 e. The van der Waals surface area contributed by atoms with Crippen molar-refractivity contribution < 1.29 is 22.4 Å². The van der Waals surface area contributed by atoms with Gasteiger partial charge in [-0.05, 0) is 38.2 Å². The van der Waals surface area contributed by atoms with E-state index in [0.717, 1.165) is 11.1 Å². The van der Waals surface area contributed by atoms with Crippen LogP contribution in [0.2, 0.25) is 0 Å². The van der Waals surface area contributed by atoms with Gasteiger partial charge >= 0.3 is 0 Å². The van der Waals surface area contributed by atoms with Crippen molar-refractivity contribution in [2.75, 3.05) is 0 Å². The number of nitrogens with zero attached hydrogens (tertiary/aromatic N) is 1. The van der Waals surface area contributed by atoms with Gasteiger partial charge in [-0.25, -0.2) is 17.6 Å². The molecule has 2 aliphatic carbocycles. The number of primary amides is 1. The summed E-state index contributed by atoms with van der Waals surface area (Å²) in [4.78, 5) is 29.0. The molecule has 0 radical (unpaired) electrons. The number of carbonyl (C=O) groups is 1. The lowest BCUT2D eigenvalue weighted by Gasteiger charge is -2.34. The van der Waals surface area contributed by atoms with Crippen LogP contribution in [0.25, 0.3) is 10.9 Å². The van der Waals surface area contributed by atoms with Crippen LogP contribution in [-0.2, 0) is 0 Å². The highest BCUT2D eigenvalue weighted by molar-refractivity contribution is 6.03. The second-order valence-corrected chi connectivity index (χ2v) is 8.26. The van der Waals surface area contributed by atoms with Crippen LogP contribution in [-0.4, -0.2) is 27.7 Å². The van der Waals surface area contributed by atoms with Gasteiger partial charge in [-0.1, -0.05) is 11.1 Å². The molecule has 5 nitrogen and oxygen atoms in total. The van der Waals surface area contributed by atoms with Gasteiger partial charge < -0.3 is 10.7 Å². The third-order valence-electron chi connectivity index (χ3n) is 5.95. The van der Waals surface area contributed by atoms with Gasteiger partial charge in [-0.2, -0.15) is 0 Å². The Labute approximate surface area is 176 Å². The Morgan fingerprint density at radius 3 is 2.42 bits per heavy atom. The molecule has 2 aliphatic rings. The van der Waals surface area contributed by atoms with Crippen molar-refractivity contribution in [2.45, 2.75) is 63.7 Å². The summed E-state index contributed by atoms with van der Waals surface area (Å²) in [5.41, 5.74) is 7.16. The molecule has 2 aromatic heterocycles. The molecule has 0 bridgehead atoms. The lowest BCUT2D eigenvalue weighted by atomic mass is 9.75. The van der Waals surface area contributed by atoms with Crippen molar-refractivity contribution in [1.29, 1.82) is 0 Å². The molecule has 31 heavy (non-hydrogen) atoms. The molecule has 0 unspecified atom stereocenters. The number of fused-ring (bicyclic) bond motifs is 1. The molecule has 1 saturated carbocycles. The normalized spacial score (nSPS) is 20.8. The van der Waals surface area contributed by atoms with Crippen molar-refractivity contribution >= 4 is 16.8 Å². The van der Waals surface area contributed by atoms with E-state index >= 15 is 0 Å². The monoisotopic (exact) mass is 439 g/mol. The molecule has 0 spiro atoms. The Hall–Kier alpha value is -2.71. The zero-order valence-electron chi connectivity index (χ0n) is 17.2. The number of nitrogens with one attached hydrogen (secondary N) is 1. The fourth-order valence-electron chi connectivity index (χ4n) is 4.37. The first-order valence-electron chi connectivity index (χ1n) is 10.2. The van der Waals surface area contributed by atoms with Gasteiger partial charge in [0.1, 0.15) is 5.69 Å². The smallest absolute Gasteiger partial charge is 0.268 e. The van der Waals surface area contributed by atoms with Crippen LogP contribution in [0.5, 0.6) is 0 Å². The summed E-state index contributed by atoms with van der Waals surface area (Å²) in [6, 6.07) is 2.94. The maximum atomic E-state index is 13.2. The predicted octanol–water partition coefficient (Wildman–Crippen LogP) is 4.97. The molecule has 2 aromatic rings. The minimum atomic E-state index is -2.59. The molecule has 1 amide bonds. The van der Waals surface area contributed by atoms with Crippen LogP contribution >= 0.6 is 0 Å². The Morgan fingerprint density at radius 1 is 1.13 bits per heavy atom. The Kier molecular flexibility index (Phi) is 6.52. The molecule has 168 valence electrons. The molecule has 4 rings (SSSR count). The number of alkyl halides is 4. The highest BCUT2D eigenvalue weighted by Gasteiger charge is 2.40. The van der Waals surface area contributed by atoms with E-state index in [1.54, 1.807) is 13.0 Å². The minimum Gasteiger partial charge on any atom is -0.364 e. The van der Waals surface area contributed by atoms with Crippen LogP contribution in [0, 0.1) is 5.92 Å². The molecular formula is C22H25F4N3O2. The maximum absolute atomic E-state index is 13.2. The fraction of sp³-hybridized carbons (Fsp3) is 0.500. The molecule has 2 heterocycles. The topological polar surface area (TPSA) is 88.8 Å². The quantitative estimate of drug-likeness (QED) is 0.512. The highest BCUT2D eigenvalue weighted by atomic mass is 19.3. The number of carbonyl (C=O) groups excluding carboxylic acids is 1. The summed E-state index contributed by atoms with van der Waals surface area (Å²) in [6.45, 7) is 1.73. The van der Waals surface area contributed by atoms with Gasteiger partial charge in [-0.15, -0.1) is 0 Å². The number of aromatic nitrogens is 2. The van der Waals surface area contributed by atoms with Gasteiger partial charge in [0.05, 0.1) is 10.9 Å². The van der Waals surface area contributed by atoms with Gasteiger partial charge in [0, 0.05) is 44.1 Å². The van der Waals surface area contributed by atoms with Gasteiger partial charge in [0.25, 0.3) is 11.8 Å². The Balaban J connectivity index is 0.000000179. The average molecular weight is 439 g/mol. The van der Waals surface area contributed by atoms with E-state index in [4.69, 9.17) is 5.73 Å². The van der Waals surface area contributed by atoms with E-state index in [1.165, 1.54) is 18.5 Å². The van der Waals surface area contributed by atoms with E-state index in [9.17, 15) is 27.2 Å². The summed E-state index contributed by atoms with van der Waals surface area (Å²) in [6.07, 6.45) is 3.73. The number of aromatic amines is 1. The number of H-pyrrole nitrogens is 1. The van der Waals surface area contributed by atoms with Crippen LogP contribution in [0.1, 0.15) is 62.4 Å². The van der Waals surface area contributed by atoms with Crippen molar-refractivity contribution in [2.24, 2.45) is 11.7 Å². The number of rotatable bonds is 2. The van der Waals surface area contributed by atoms with Crippen molar-refractivity contribution in [3.05, 3.63) is 51.6 Å². The van der Waals surface area contributed by atoms with Gasteiger partial charge in [0.15, 0.2) is 5.43 Å².